The lowest BCUT2D eigenvalue weighted by molar-refractivity contribution is 0.101. The van der Waals surface area contributed by atoms with E-state index in [-0.39, 0.29) is 17.3 Å². The Hall–Kier alpha value is -2.67. The molecular weight excluding hydrogens is 348 g/mol. The van der Waals surface area contributed by atoms with Crippen LogP contribution in [0.25, 0.3) is 10.9 Å². The number of carbonyl (C=O) groups excluding carboxylic acids is 2. The number of anilines is 1. The molecule has 2 N–H and O–H groups in total. The van der Waals surface area contributed by atoms with Gasteiger partial charge in [0.25, 0.3) is 0 Å². The van der Waals surface area contributed by atoms with Gasteiger partial charge in [0, 0.05) is 23.7 Å². The topological polar surface area (TPSA) is 87.7 Å². The van der Waals surface area contributed by atoms with E-state index in [1.807, 2.05) is 31.3 Å². The number of H-pyrrole nitrogens is 1. The summed E-state index contributed by atoms with van der Waals surface area (Å²) >= 11 is 1.28. The van der Waals surface area contributed by atoms with E-state index in [1.54, 1.807) is 13.8 Å². The second-order valence-corrected chi connectivity index (χ2v) is 6.96. The molecule has 0 bridgehead atoms. The van der Waals surface area contributed by atoms with Crippen LogP contribution in [0.2, 0.25) is 0 Å². The zero-order valence-corrected chi connectivity index (χ0v) is 16.0. The van der Waals surface area contributed by atoms with E-state index in [4.69, 9.17) is 0 Å². The van der Waals surface area contributed by atoms with Gasteiger partial charge in [0.05, 0.1) is 17.0 Å². The van der Waals surface area contributed by atoms with Crippen molar-refractivity contribution in [3.8, 4) is 0 Å². The normalized spacial score (nSPS) is 10.9. The molecule has 134 valence electrons. The number of aromatic nitrogens is 3. The van der Waals surface area contributed by atoms with Crippen LogP contribution in [0.5, 0.6) is 0 Å². The highest BCUT2D eigenvalue weighted by Gasteiger charge is 2.20. The number of ketones is 2. The van der Waals surface area contributed by atoms with Gasteiger partial charge in [-0.1, -0.05) is 23.9 Å². The summed E-state index contributed by atoms with van der Waals surface area (Å²) in [5, 5.41) is 4.54. The van der Waals surface area contributed by atoms with Crippen molar-refractivity contribution in [2.45, 2.75) is 25.9 Å². The molecule has 0 atom stereocenters. The molecule has 0 aliphatic rings. The van der Waals surface area contributed by atoms with Crippen molar-refractivity contribution in [1.82, 2.24) is 15.0 Å². The Morgan fingerprint density at radius 1 is 1.19 bits per heavy atom. The molecule has 0 radical (unpaired) electrons. The summed E-state index contributed by atoms with van der Waals surface area (Å²) in [6, 6.07) is 7.73. The second kappa shape index (κ2) is 7.29. The molecule has 0 aliphatic carbocycles. The average Bonchev–Trinajstić information content (AvgIpc) is 2.93. The van der Waals surface area contributed by atoms with E-state index in [2.05, 4.69) is 20.3 Å². The Balaban J connectivity index is 1.83. The lowest BCUT2D eigenvalue weighted by Gasteiger charge is -2.07. The predicted octanol–water partition coefficient (Wildman–Crippen LogP) is 3.79. The largest absolute Gasteiger partial charge is 0.372 e. The standard InChI is InChI=1S/C19H20N4O2S/c1-10-16(12(3)24)11(2)21-17(10)15(25)9-26-19-22-14-8-6-5-7-13(14)18(20-4)23-19/h5-8,21H,9H2,1-4H3,(H,20,22,23). The molecule has 6 nitrogen and oxygen atoms in total. The summed E-state index contributed by atoms with van der Waals surface area (Å²) in [4.78, 5) is 36.4. The third-order valence-corrected chi connectivity index (χ3v) is 5.07. The second-order valence-electron chi connectivity index (χ2n) is 6.01. The minimum atomic E-state index is -0.0779. The van der Waals surface area contributed by atoms with Crippen LogP contribution in [0.1, 0.15) is 39.0 Å². The number of hydrogen-bond acceptors (Lipinski definition) is 6. The van der Waals surface area contributed by atoms with Gasteiger partial charge in [-0.3, -0.25) is 9.59 Å². The highest BCUT2D eigenvalue weighted by molar-refractivity contribution is 7.99. The van der Waals surface area contributed by atoms with E-state index < -0.39 is 0 Å². The van der Waals surface area contributed by atoms with Crippen LogP contribution in [0, 0.1) is 13.8 Å². The number of aryl methyl sites for hydroxylation is 1. The Bertz CT molecular complexity index is 1010. The number of Topliss-reactive ketones (excluding diaryl/α,β-unsaturated/α-hetero) is 2. The average molecular weight is 368 g/mol. The summed E-state index contributed by atoms with van der Waals surface area (Å²) in [6.07, 6.45) is 0. The van der Waals surface area contributed by atoms with Gasteiger partial charge in [-0.15, -0.1) is 0 Å². The van der Waals surface area contributed by atoms with Crippen molar-refractivity contribution >= 4 is 40.0 Å². The van der Waals surface area contributed by atoms with Gasteiger partial charge in [-0.2, -0.15) is 0 Å². The molecule has 2 heterocycles. The Labute approximate surface area is 155 Å². The van der Waals surface area contributed by atoms with Crippen molar-refractivity contribution in [2.75, 3.05) is 18.1 Å². The summed E-state index contributed by atoms with van der Waals surface area (Å²) in [5.74, 6) is 0.807. The number of thioether (sulfide) groups is 1. The fraction of sp³-hybridized carbons (Fsp3) is 0.263. The summed E-state index contributed by atoms with van der Waals surface area (Å²) in [7, 11) is 1.81. The van der Waals surface area contributed by atoms with Gasteiger partial charge in [-0.25, -0.2) is 9.97 Å². The van der Waals surface area contributed by atoms with Gasteiger partial charge in [0.1, 0.15) is 5.82 Å². The third-order valence-electron chi connectivity index (χ3n) is 4.22. The van der Waals surface area contributed by atoms with Gasteiger partial charge in [0.15, 0.2) is 16.7 Å². The maximum Gasteiger partial charge on any atom is 0.190 e. The molecule has 0 unspecified atom stereocenters. The number of carbonyl (C=O) groups is 2. The number of fused-ring (bicyclic) bond motifs is 1. The lowest BCUT2D eigenvalue weighted by atomic mass is 10.1. The van der Waals surface area contributed by atoms with E-state index in [0.717, 1.165) is 22.4 Å². The van der Waals surface area contributed by atoms with Crippen LogP contribution in [0.4, 0.5) is 5.82 Å². The lowest BCUT2D eigenvalue weighted by Crippen LogP contribution is -2.06. The van der Waals surface area contributed by atoms with Crippen molar-refractivity contribution in [1.29, 1.82) is 0 Å². The molecule has 1 aromatic carbocycles. The molecule has 3 rings (SSSR count). The number of benzene rings is 1. The molecule has 0 amide bonds. The molecule has 0 fully saturated rings. The first-order valence-corrected chi connectivity index (χ1v) is 9.21. The van der Waals surface area contributed by atoms with Crippen molar-refractivity contribution < 1.29 is 9.59 Å². The zero-order valence-electron chi connectivity index (χ0n) is 15.1. The fourth-order valence-corrected chi connectivity index (χ4v) is 3.79. The zero-order chi connectivity index (χ0) is 18.8. The highest BCUT2D eigenvalue weighted by atomic mass is 32.2. The molecular formula is C19H20N4O2S. The van der Waals surface area contributed by atoms with Crippen molar-refractivity contribution in [2.24, 2.45) is 0 Å². The number of para-hydroxylation sites is 1. The minimum Gasteiger partial charge on any atom is -0.372 e. The molecule has 26 heavy (non-hydrogen) atoms. The van der Waals surface area contributed by atoms with E-state index >= 15 is 0 Å². The molecule has 0 spiro atoms. The Morgan fingerprint density at radius 2 is 1.92 bits per heavy atom. The Morgan fingerprint density at radius 3 is 2.58 bits per heavy atom. The van der Waals surface area contributed by atoms with Gasteiger partial charge >= 0.3 is 0 Å². The maximum atomic E-state index is 12.6. The van der Waals surface area contributed by atoms with Crippen LogP contribution in [-0.4, -0.2) is 39.3 Å². The summed E-state index contributed by atoms with van der Waals surface area (Å²) in [5.41, 5.74) is 3.33. The smallest absolute Gasteiger partial charge is 0.190 e. The van der Waals surface area contributed by atoms with Crippen LogP contribution in [0.3, 0.4) is 0 Å². The first-order valence-electron chi connectivity index (χ1n) is 8.23. The highest BCUT2D eigenvalue weighted by Crippen LogP contribution is 2.25. The number of rotatable bonds is 6. The van der Waals surface area contributed by atoms with Crippen LogP contribution >= 0.6 is 11.8 Å². The maximum absolute atomic E-state index is 12.6. The van der Waals surface area contributed by atoms with Crippen molar-refractivity contribution in [3.63, 3.8) is 0 Å². The summed E-state index contributed by atoms with van der Waals surface area (Å²) in [6.45, 7) is 5.11. The molecule has 3 aromatic rings. The third kappa shape index (κ3) is 3.35. The minimum absolute atomic E-state index is 0.0422. The monoisotopic (exact) mass is 368 g/mol. The molecule has 2 aromatic heterocycles. The van der Waals surface area contributed by atoms with E-state index in [1.165, 1.54) is 18.7 Å². The molecule has 0 saturated heterocycles. The fourth-order valence-electron chi connectivity index (χ4n) is 3.07. The van der Waals surface area contributed by atoms with E-state index in [9.17, 15) is 9.59 Å². The van der Waals surface area contributed by atoms with Gasteiger partial charge in [-0.05, 0) is 38.5 Å². The number of aromatic amines is 1. The van der Waals surface area contributed by atoms with Crippen LogP contribution in [0.15, 0.2) is 29.4 Å². The molecule has 0 aliphatic heterocycles. The van der Waals surface area contributed by atoms with E-state index in [0.29, 0.717) is 22.0 Å². The van der Waals surface area contributed by atoms with Crippen LogP contribution in [-0.2, 0) is 0 Å². The Kier molecular flexibility index (Phi) is 5.08. The number of nitrogens with zero attached hydrogens (tertiary/aromatic N) is 2. The van der Waals surface area contributed by atoms with Crippen LogP contribution < -0.4 is 5.32 Å². The first kappa shape index (κ1) is 18.1. The predicted molar refractivity (Wildman–Crippen MR) is 104 cm³/mol. The molecule has 0 saturated carbocycles. The quantitative estimate of drug-likeness (QED) is 0.391. The van der Waals surface area contributed by atoms with Gasteiger partial charge in [0.2, 0.25) is 0 Å². The number of nitrogens with one attached hydrogen (secondary N) is 2. The first-order chi connectivity index (χ1) is 12.4. The van der Waals surface area contributed by atoms with Crippen molar-refractivity contribution in [3.05, 3.63) is 46.8 Å². The van der Waals surface area contributed by atoms with Gasteiger partial charge < -0.3 is 10.3 Å². The summed E-state index contributed by atoms with van der Waals surface area (Å²) < 4.78 is 0. The molecule has 7 heteroatoms. The number of hydrogen-bond donors (Lipinski definition) is 2. The SMILES string of the molecule is CNc1nc(SCC(=O)c2[nH]c(C)c(C(C)=O)c2C)nc2ccccc12.